The number of nitro benzene ring substituents is 2. The maximum absolute atomic E-state index is 10.7. The summed E-state index contributed by atoms with van der Waals surface area (Å²) in [7, 11) is 0. The number of carbonyl (C=O) groups is 1. The van der Waals surface area contributed by atoms with E-state index in [4.69, 9.17) is 21.4 Å². The van der Waals surface area contributed by atoms with Crippen molar-refractivity contribution in [2.75, 3.05) is 0 Å². The number of nitrogens with zero attached hydrogens (tertiary/aromatic N) is 4. The Morgan fingerprint density at radius 1 is 1.27 bits per heavy atom. The number of non-ortho nitro benzene ring substituents is 1. The van der Waals surface area contributed by atoms with Crippen LogP contribution in [-0.4, -0.2) is 33.1 Å². The van der Waals surface area contributed by atoms with Crippen molar-refractivity contribution in [2.24, 2.45) is 21.7 Å². The number of hydrogen-bond donors (Lipinski definition) is 3. The normalized spacial score (nSPS) is 9.50. The van der Waals surface area contributed by atoms with Gasteiger partial charge in [0, 0.05) is 13.0 Å². The van der Waals surface area contributed by atoms with Gasteiger partial charge in [-0.15, -0.1) is 5.10 Å². The zero-order chi connectivity index (χ0) is 17.3. The molecule has 0 aliphatic rings. The number of carboxylic acids is 1. The lowest BCUT2D eigenvalue weighted by molar-refractivity contribution is -0.394. The van der Waals surface area contributed by atoms with E-state index in [-0.39, 0.29) is 17.2 Å². The Labute approximate surface area is 123 Å². The molecule has 0 spiro atoms. The van der Waals surface area contributed by atoms with Gasteiger partial charge in [-0.3, -0.25) is 25.0 Å². The minimum atomic E-state index is -0.833. The van der Waals surface area contributed by atoms with Gasteiger partial charge in [0.05, 0.1) is 27.7 Å². The first-order valence-corrected chi connectivity index (χ1v) is 5.39. The molecule has 1 aromatic rings. The van der Waals surface area contributed by atoms with Crippen molar-refractivity contribution in [3.8, 4) is 0 Å². The summed E-state index contributed by atoms with van der Waals surface area (Å²) in [6, 6.07) is 3.13. The molecule has 0 bridgehead atoms. The van der Waals surface area contributed by atoms with Gasteiger partial charge >= 0.3 is 0 Å². The summed E-state index contributed by atoms with van der Waals surface area (Å²) in [5.41, 5.74) is 9.22. The molecule has 0 saturated carbocycles. The minimum absolute atomic E-state index is 0.0515. The number of benzene rings is 1. The Morgan fingerprint density at radius 2 is 1.82 bits per heavy atom. The van der Waals surface area contributed by atoms with E-state index in [1.165, 1.54) is 6.07 Å². The summed E-state index contributed by atoms with van der Waals surface area (Å²) in [6.45, 7) is 1.08. The lowest BCUT2D eigenvalue weighted by Gasteiger charge is -1.96. The fourth-order valence-electron chi connectivity index (χ4n) is 1.07. The van der Waals surface area contributed by atoms with Crippen LogP contribution in [0.1, 0.15) is 12.5 Å². The number of nitro groups is 2. The van der Waals surface area contributed by atoms with Crippen molar-refractivity contribution >= 4 is 29.5 Å². The first-order chi connectivity index (χ1) is 10.1. The lowest BCUT2D eigenvalue weighted by atomic mass is 10.2. The zero-order valence-corrected chi connectivity index (χ0v) is 11.2. The van der Waals surface area contributed by atoms with Crippen molar-refractivity contribution in [3.05, 3.63) is 44.0 Å². The SMILES string of the molecule is CC(=O)O.NC(N)=NN=Cc1ccc([N+](=O)[O-])cc1[N+](=O)[O-]. The molecule has 118 valence electrons. The third-order valence-electron chi connectivity index (χ3n) is 1.79. The van der Waals surface area contributed by atoms with Crippen molar-refractivity contribution < 1.29 is 19.7 Å². The Balaban J connectivity index is 0.000000980. The van der Waals surface area contributed by atoms with Crippen molar-refractivity contribution in [2.45, 2.75) is 6.92 Å². The van der Waals surface area contributed by atoms with E-state index in [1.54, 1.807) is 0 Å². The maximum Gasteiger partial charge on any atom is 0.300 e. The van der Waals surface area contributed by atoms with Crippen LogP contribution in [0.2, 0.25) is 0 Å². The molecule has 0 aliphatic carbocycles. The number of hydrogen-bond acceptors (Lipinski definition) is 7. The number of carboxylic acid groups (broad SMARTS) is 1. The molecule has 1 aromatic carbocycles. The summed E-state index contributed by atoms with van der Waals surface area (Å²) in [5, 5.41) is 35.3. The molecule has 0 amide bonds. The molecule has 12 nitrogen and oxygen atoms in total. The fraction of sp³-hybridized carbons (Fsp3) is 0.100. The highest BCUT2D eigenvalue weighted by Crippen LogP contribution is 2.23. The molecule has 12 heteroatoms. The Hall–Kier alpha value is -3.57. The second-order valence-corrected chi connectivity index (χ2v) is 3.55. The molecule has 22 heavy (non-hydrogen) atoms. The Bertz CT molecular complexity index is 633. The third-order valence-corrected chi connectivity index (χ3v) is 1.79. The van der Waals surface area contributed by atoms with Crippen LogP contribution in [0.25, 0.3) is 0 Å². The summed E-state index contributed by atoms with van der Waals surface area (Å²) < 4.78 is 0. The largest absolute Gasteiger partial charge is 0.481 e. The number of aliphatic carboxylic acids is 1. The average molecular weight is 312 g/mol. The van der Waals surface area contributed by atoms with Gasteiger partial charge in [0.1, 0.15) is 0 Å². The summed E-state index contributed by atoms with van der Waals surface area (Å²) in [4.78, 5) is 28.7. The van der Waals surface area contributed by atoms with E-state index in [0.29, 0.717) is 0 Å². The Kier molecular flexibility index (Phi) is 7.18. The molecule has 0 unspecified atom stereocenters. The maximum atomic E-state index is 10.7. The van der Waals surface area contributed by atoms with Gasteiger partial charge in [0.2, 0.25) is 5.96 Å². The number of rotatable bonds is 4. The van der Waals surface area contributed by atoms with Crippen molar-refractivity contribution in [1.82, 2.24) is 0 Å². The highest BCUT2D eigenvalue weighted by molar-refractivity contribution is 5.86. The van der Waals surface area contributed by atoms with Crippen LogP contribution in [0.3, 0.4) is 0 Å². The predicted molar refractivity (Wildman–Crippen MR) is 76.5 cm³/mol. The molecule has 0 aliphatic heterocycles. The Morgan fingerprint density at radius 3 is 2.23 bits per heavy atom. The minimum Gasteiger partial charge on any atom is -0.481 e. The number of nitrogens with two attached hydrogens (primary N) is 2. The quantitative estimate of drug-likeness (QED) is 0.302. The van der Waals surface area contributed by atoms with E-state index in [9.17, 15) is 20.2 Å². The number of guanidine groups is 1. The standard InChI is InChI=1S/C8H8N6O4.C2H4O2/c9-8(10)12-11-4-5-1-2-6(13(15)16)3-7(5)14(17)18;1-2(3)4/h1-4H,(H4,9,10,12);1H3,(H,3,4). The van der Waals surface area contributed by atoms with Crippen LogP contribution in [-0.2, 0) is 4.79 Å². The van der Waals surface area contributed by atoms with Crippen LogP contribution >= 0.6 is 0 Å². The molecule has 0 radical (unpaired) electrons. The van der Waals surface area contributed by atoms with Gasteiger partial charge in [-0.2, -0.15) is 5.10 Å². The smallest absolute Gasteiger partial charge is 0.300 e. The van der Waals surface area contributed by atoms with E-state index in [1.807, 2.05) is 0 Å². The van der Waals surface area contributed by atoms with Crippen LogP contribution in [0.4, 0.5) is 11.4 Å². The molecule has 1 rings (SSSR count). The summed E-state index contributed by atoms with van der Waals surface area (Å²) >= 11 is 0. The highest BCUT2D eigenvalue weighted by Gasteiger charge is 2.17. The molecule has 0 saturated heterocycles. The average Bonchev–Trinajstić information content (AvgIpc) is 2.37. The topological polar surface area (TPSA) is 200 Å². The summed E-state index contributed by atoms with van der Waals surface area (Å²) in [5.74, 6) is -1.14. The summed E-state index contributed by atoms with van der Waals surface area (Å²) in [6.07, 6.45) is 1.03. The molecule has 0 heterocycles. The van der Waals surface area contributed by atoms with E-state index in [0.717, 1.165) is 25.3 Å². The van der Waals surface area contributed by atoms with Crippen LogP contribution in [0, 0.1) is 20.2 Å². The molecule has 5 N–H and O–H groups in total. The van der Waals surface area contributed by atoms with Crippen LogP contribution in [0.5, 0.6) is 0 Å². The molecular formula is C10H12N6O6. The molecule has 0 atom stereocenters. The molecule has 0 fully saturated rings. The molecular weight excluding hydrogens is 300 g/mol. The van der Waals surface area contributed by atoms with Gasteiger partial charge in [0.15, 0.2) is 0 Å². The van der Waals surface area contributed by atoms with Gasteiger partial charge in [-0.1, -0.05) is 0 Å². The van der Waals surface area contributed by atoms with E-state index < -0.39 is 21.5 Å². The predicted octanol–water partition coefficient (Wildman–Crippen LogP) is 0.201. The van der Waals surface area contributed by atoms with Gasteiger partial charge in [-0.05, 0) is 6.07 Å². The second-order valence-electron chi connectivity index (χ2n) is 3.55. The monoisotopic (exact) mass is 312 g/mol. The molecule has 0 aromatic heterocycles. The van der Waals surface area contributed by atoms with Crippen molar-refractivity contribution in [1.29, 1.82) is 0 Å². The first kappa shape index (κ1) is 18.4. The van der Waals surface area contributed by atoms with Crippen molar-refractivity contribution in [3.63, 3.8) is 0 Å². The third kappa shape index (κ3) is 7.13. The lowest BCUT2D eigenvalue weighted by Crippen LogP contribution is -2.21. The van der Waals surface area contributed by atoms with Crippen LogP contribution < -0.4 is 11.5 Å². The first-order valence-electron chi connectivity index (χ1n) is 5.39. The van der Waals surface area contributed by atoms with Gasteiger partial charge in [0.25, 0.3) is 17.3 Å². The van der Waals surface area contributed by atoms with Gasteiger partial charge in [-0.25, -0.2) is 0 Å². The zero-order valence-electron chi connectivity index (χ0n) is 11.2. The van der Waals surface area contributed by atoms with E-state index in [2.05, 4.69) is 10.2 Å². The van der Waals surface area contributed by atoms with E-state index >= 15 is 0 Å². The van der Waals surface area contributed by atoms with Gasteiger partial charge < -0.3 is 16.6 Å². The van der Waals surface area contributed by atoms with Crippen LogP contribution in [0.15, 0.2) is 28.4 Å². The second kappa shape index (κ2) is 8.57. The highest BCUT2D eigenvalue weighted by atomic mass is 16.6. The fourth-order valence-corrected chi connectivity index (χ4v) is 1.07.